The molecule has 0 radical (unpaired) electrons. The van der Waals surface area contributed by atoms with Crippen molar-refractivity contribution < 1.29 is 14.0 Å². The molecule has 1 saturated heterocycles. The van der Waals surface area contributed by atoms with E-state index in [4.69, 9.17) is 0 Å². The molecule has 1 N–H and O–H groups in total. The van der Waals surface area contributed by atoms with Gasteiger partial charge in [-0.25, -0.2) is 4.39 Å². The number of ketones is 1. The molecule has 0 aliphatic carbocycles. The number of amides is 1. The Bertz CT molecular complexity index is 479. The van der Waals surface area contributed by atoms with Gasteiger partial charge < -0.3 is 5.32 Å². The molecule has 5 heteroatoms. The quantitative estimate of drug-likeness (QED) is 0.851. The Morgan fingerprint density at radius 2 is 1.85 bits per heavy atom. The van der Waals surface area contributed by atoms with Crippen LogP contribution in [0.2, 0.25) is 0 Å². The SMILES string of the molecule is CC(=O)NC1CCN(CC(=O)c2ccc(F)cc2)CC1. The number of hydrogen-bond acceptors (Lipinski definition) is 3. The second-order valence-electron chi connectivity index (χ2n) is 5.18. The molecule has 1 aliphatic rings. The van der Waals surface area contributed by atoms with Gasteiger partial charge in [0.1, 0.15) is 5.82 Å². The fourth-order valence-corrected chi connectivity index (χ4v) is 2.45. The van der Waals surface area contributed by atoms with Crippen molar-refractivity contribution in [3.63, 3.8) is 0 Å². The first kappa shape index (κ1) is 14.7. The van der Waals surface area contributed by atoms with E-state index in [-0.39, 0.29) is 23.5 Å². The van der Waals surface area contributed by atoms with Crippen molar-refractivity contribution in [1.82, 2.24) is 10.2 Å². The topological polar surface area (TPSA) is 49.4 Å². The zero-order valence-electron chi connectivity index (χ0n) is 11.6. The van der Waals surface area contributed by atoms with Gasteiger partial charge in [0.05, 0.1) is 6.54 Å². The van der Waals surface area contributed by atoms with Crippen LogP contribution in [0.1, 0.15) is 30.1 Å². The average Bonchev–Trinajstić information content (AvgIpc) is 2.41. The molecule has 1 aromatic rings. The molecule has 2 rings (SSSR count). The van der Waals surface area contributed by atoms with E-state index in [9.17, 15) is 14.0 Å². The summed E-state index contributed by atoms with van der Waals surface area (Å²) in [5.41, 5.74) is 0.537. The van der Waals surface area contributed by atoms with Crippen molar-refractivity contribution in [2.24, 2.45) is 0 Å². The van der Waals surface area contributed by atoms with E-state index in [2.05, 4.69) is 10.2 Å². The molecular weight excluding hydrogens is 259 g/mol. The molecule has 1 aliphatic heterocycles. The molecule has 1 amide bonds. The molecule has 0 atom stereocenters. The van der Waals surface area contributed by atoms with Crippen molar-refractivity contribution in [2.75, 3.05) is 19.6 Å². The second-order valence-corrected chi connectivity index (χ2v) is 5.18. The van der Waals surface area contributed by atoms with Crippen molar-refractivity contribution in [1.29, 1.82) is 0 Å². The number of hydrogen-bond donors (Lipinski definition) is 1. The van der Waals surface area contributed by atoms with E-state index in [0.29, 0.717) is 12.1 Å². The highest BCUT2D eigenvalue weighted by Gasteiger charge is 2.21. The predicted octanol–water partition coefficient (Wildman–Crippen LogP) is 1.61. The maximum atomic E-state index is 12.8. The van der Waals surface area contributed by atoms with Crippen LogP contribution in [0.15, 0.2) is 24.3 Å². The van der Waals surface area contributed by atoms with Crippen molar-refractivity contribution in [3.8, 4) is 0 Å². The molecule has 108 valence electrons. The summed E-state index contributed by atoms with van der Waals surface area (Å²) < 4.78 is 12.8. The highest BCUT2D eigenvalue weighted by molar-refractivity contribution is 5.97. The standard InChI is InChI=1S/C15H19FN2O2/c1-11(19)17-14-6-8-18(9-7-14)10-15(20)12-2-4-13(16)5-3-12/h2-5,14H,6-10H2,1H3,(H,17,19). The van der Waals surface area contributed by atoms with E-state index in [1.54, 1.807) is 0 Å². The lowest BCUT2D eigenvalue weighted by Crippen LogP contribution is -2.45. The Labute approximate surface area is 118 Å². The summed E-state index contributed by atoms with van der Waals surface area (Å²) in [6.07, 6.45) is 1.71. The Morgan fingerprint density at radius 3 is 2.40 bits per heavy atom. The summed E-state index contributed by atoms with van der Waals surface area (Å²) >= 11 is 0. The summed E-state index contributed by atoms with van der Waals surface area (Å²) in [6, 6.07) is 5.85. The number of piperidine rings is 1. The van der Waals surface area contributed by atoms with Gasteiger partial charge >= 0.3 is 0 Å². The van der Waals surface area contributed by atoms with Crippen LogP contribution in [-0.4, -0.2) is 42.3 Å². The number of benzene rings is 1. The molecule has 4 nitrogen and oxygen atoms in total. The minimum absolute atomic E-state index is 0.00276. The Hall–Kier alpha value is -1.75. The Morgan fingerprint density at radius 1 is 1.25 bits per heavy atom. The molecule has 0 saturated carbocycles. The number of halogens is 1. The van der Waals surface area contributed by atoms with Gasteiger partial charge in [0.15, 0.2) is 5.78 Å². The zero-order chi connectivity index (χ0) is 14.5. The summed E-state index contributed by atoms with van der Waals surface area (Å²) in [5, 5.41) is 2.90. The summed E-state index contributed by atoms with van der Waals surface area (Å²) in [4.78, 5) is 25.1. The number of nitrogens with one attached hydrogen (secondary N) is 1. The first-order valence-electron chi connectivity index (χ1n) is 6.83. The van der Waals surface area contributed by atoms with Gasteiger partial charge in [-0.15, -0.1) is 0 Å². The van der Waals surface area contributed by atoms with Crippen LogP contribution >= 0.6 is 0 Å². The number of likely N-dealkylation sites (tertiary alicyclic amines) is 1. The van der Waals surface area contributed by atoms with Gasteiger partial charge in [-0.05, 0) is 37.1 Å². The number of carbonyl (C=O) groups is 2. The predicted molar refractivity (Wildman–Crippen MR) is 74.0 cm³/mol. The summed E-state index contributed by atoms with van der Waals surface area (Å²) in [7, 11) is 0. The van der Waals surface area contributed by atoms with E-state index >= 15 is 0 Å². The Kier molecular flexibility index (Phi) is 4.84. The smallest absolute Gasteiger partial charge is 0.217 e. The molecule has 0 spiro atoms. The molecule has 1 fully saturated rings. The van der Waals surface area contributed by atoms with Crippen LogP contribution in [0.25, 0.3) is 0 Å². The van der Waals surface area contributed by atoms with Crippen LogP contribution in [0.5, 0.6) is 0 Å². The lowest BCUT2D eigenvalue weighted by atomic mass is 10.0. The highest BCUT2D eigenvalue weighted by atomic mass is 19.1. The zero-order valence-corrected chi connectivity index (χ0v) is 11.6. The molecular formula is C15H19FN2O2. The largest absolute Gasteiger partial charge is 0.354 e. The minimum atomic E-state index is -0.335. The van der Waals surface area contributed by atoms with Crippen molar-refractivity contribution in [2.45, 2.75) is 25.8 Å². The van der Waals surface area contributed by atoms with Gasteiger partial charge in [0.25, 0.3) is 0 Å². The first-order valence-corrected chi connectivity index (χ1v) is 6.83. The van der Waals surface area contributed by atoms with Crippen LogP contribution in [-0.2, 0) is 4.79 Å². The van der Waals surface area contributed by atoms with E-state index in [0.717, 1.165) is 25.9 Å². The third-order valence-corrected chi connectivity index (χ3v) is 3.53. The lowest BCUT2D eigenvalue weighted by molar-refractivity contribution is -0.119. The molecule has 1 heterocycles. The molecule has 1 aromatic carbocycles. The first-order chi connectivity index (χ1) is 9.54. The molecule has 0 aromatic heterocycles. The minimum Gasteiger partial charge on any atom is -0.354 e. The average molecular weight is 278 g/mol. The number of carbonyl (C=O) groups excluding carboxylic acids is 2. The molecule has 0 unspecified atom stereocenters. The lowest BCUT2D eigenvalue weighted by Gasteiger charge is -2.31. The van der Waals surface area contributed by atoms with Crippen LogP contribution in [0.4, 0.5) is 4.39 Å². The van der Waals surface area contributed by atoms with Gasteiger partial charge in [-0.1, -0.05) is 0 Å². The fourth-order valence-electron chi connectivity index (χ4n) is 2.45. The van der Waals surface area contributed by atoms with E-state index in [1.165, 1.54) is 31.2 Å². The van der Waals surface area contributed by atoms with Crippen LogP contribution < -0.4 is 5.32 Å². The van der Waals surface area contributed by atoms with Gasteiger partial charge in [-0.3, -0.25) is 14.5 Å². The van der Waals surface area contributed by atoms with E-state index in [1.807, 2.05) is 0 Å². The maximum absolute atomic E-state index is 12.8. The number of rotatable bonds is 4. The monoisotopic (exact) mass is 278 g/mol. The van der Waals surface area contributed by atoms with Gasteiger partial charge in [-0.2, -0.15) is 0 Å². The Balaban J connectivity index is 1.82. The fraction of sp³-hybridized carbons (Fsp3) is 0.467. The van der Waals surface area contributed by atoms with Gasteiger partial charge in [0.2, 0.25) is 5.91 Å². The molecule has 20 heavy (non-hydrogen) atoms. The normalized spacial score (nSPS) is 16.9. The highest BCUT2D eigenvalue weighted by Crippen LogP contribution is 2.12. The van der Waals surface area contributed by atoms with E-state index < -0.39 is 0 Å². The summed E-state index contributed by atoms with van der Waals surface area (Å²) in [5.74, 6) is -0.341. The second kappa shape index (κ2) is 6.61. The van der Waals surface area contributed by atoms with Crippen LogP contribution in [0.3, 0.4) is 0 Å². The van der Waals surface area contributed by atoms with Gasteiger partial charge in [0, 0.05) is 31.6 Å². The maximum Gasteiger partial charge on any atom is 0.217 e. The van der Waals surface area contributed by atoms with Crippen molar-refractivity contribution >= 4 is 11.7 Å². The van der Waals surface area contributed by atoms with Crippen molar-refractivity contribution in [3.05, 3.63) is 35.6 Å². The number of nitrogens with zero attached hydrogens (tertiary/aromatic N) is 1. The molecule has 0 bridgehead atoms. The summed E-state index contributed by atoms with van der Waals surface area (Å²) in [6.45, 7) is 3.44. The number of Topliss-reactive ketones (excluding diaryl/α,β-unsaturated/α-hetero) is 1. The third-order valence-electron chi connectivity index (χ3n) is 3.53. The van der Waals surface area contributed by atoms with Crippen LogP contribution in [0, 0.1) is 5.82 Å². The third kappa shape index (κ3) is 4.13.